The molecule has 0 atom stereocenters. The first kappa shape index (κ1) is 9.15. The van der Waals surface area contributed by atoms with Crippen molar-refractivity contribution in [2.75, 3.05) is 0 Å². The topological polar surface area (TPSA) is 47.3 Å². The number of aryl methyl sites for hydroxylation is 2. The predicted octanol–water partition coefficient (Wildman–Crippen LogP) is 1.36. The molecular formula is C9H8ClN3O. The molecule has 2 rings (SSSR count). The maximum Gasteiger partial charge on any atom is 0.273 e. The lowest BCUT2D eigenvalue weighted by Crippen LogP contribution is -2.12. The van der Waals surface area contributed by atoms with Crippen molar-refractivity contribution in [3.05, 3.63) is 38.9 Å². The van der Waals surface area contributed by atoms with Crippen molar-refractivity contribution >= 4 is 17.2 Å². The Balaban J connectivity index is 2.96. The van der Waals surface area contributed by atoms with Crippen LogP contribution in [0.4, 0.5) is 0 Å². The van der Waals surface area contributed by atoms with Crippen LogP contribution in [0.2, 0.25) is 5.15 Å². The first-order chi connectivity index (χ1) is 6.58. The normalized spacial score (nSPS) is 10.8. The van der Waals surface area contributed by atoms with Crippen LogP contribution in [-0.4, -0.2) is 14.6 Å². The highest BCUT2D eigenvalue weighted by Crippen LogP contribution is 2.12. The van der Waals surface area contributed by atoms with Gasteiger partial charge in [-0.1, -0.05) is 11.6 Å². The van der Waals surface area contributed by atoms with Crippen LogP contribution in [0.25, 0.3) is 5.65 Å². The average molecular weight is 210 g/mol. The van der Waals surface area contributed by atoms with E-state index in [9.17, 15) is 4.79 Å². The van der Waals surface area contributed by atoms with Crippen LogP contribution >= 0.6 is 11.6 Å². The van der Waals surface area contributed by atoms with Crippen molar-refractivity contribution < 1.29 is 0 Å². The lowest BCUT2D eigenvalue weighted by molar-refractivity contribution is 0.850. The monoisotopic (exact) mass is 209 g/mol. The lowest BCUT2D eigenvalue weighted by atomic mass is 10.3. The summed E-state index contributed by atoms with van der Waals surface area (Å²) in [4.78, 5) is 14.9. The first-order valence-corrected chi connectivity index (χ1v) is 4.49. The van der Waals surface area contributed by atoms with Gasteiger partial charge in [-0.05, 0) is 25.5 Å². The Kier molecular flexibility index (Phi) is 2.00. The molecule has 0 saturated carbocycles. The SMILES string of the molecule is Cc1cc2nc(=O)cc(C)n2nc1Cl. The largest absolute Gasteiger partial charge is 0.273 e. The summed E-state index contributed by atoms with van der Waals surface area (Å²) in [6.45, 7) is 3.61. The van der Waals surface area contributed by atoms with E-state index in [0.29, 0.717) is 10.8 Å². The molecule has 0 bridgehead atoms. The minimum atomic E-state index is -0.258. The third kappa shape index (κ3) is 1.37. The molecule has 0 radical (unpaired) electrons. The quantitative estimate of drug-likeness (QED) is 0.658. The Morgan fingerprint density at radius 1 is 1.36 bits per heavy atom. The Morgan fingerprint density at radius 2 is 2.07 bits per heavy atom. The molecule has 0 aliphatic carbocycles. The number of nitrogens with zero attached hydrogens (tertiary/aromatic N) is 3. The summed E-state index contributed by atoms with van der Waals surface area (Å²) in [6, 6.07) is 3.16. The molecule has 2 aromatic rings. The number of fused-ring (bicyclic) bond motifs is 1. The van der Waals surface area contributed by atoms with Crippen molar-refractivity contribution in [2.45, 2.75) is 13.8 Å². The van der Waals surface area contributed by atoms with E-state index in [2.05, 4.69) is 10.1 Å². The molecule has 2 heterocycles. The van der Waals surface area contributed by atoms with E-state index < -0.39 is 0 Å². The highest BCUT2D eigenvalue weighted by Gasteiger charge is 2.03. The van der Waals surface area contributed by atoms with Crippen molar-refractivity contribution in [1.82, 2.24) is 14.6 Å². The third-order valence-corrected chi connectivity index (χ3v) is 2.34. The maximum absolute atomic E-state index is 11.1. The van der Waals surface area contributed by atoms with Crippen LogP contribution in [0.3, 0.4) is 0 Å². The fourth-order valence-corrected chi connectivity index (χ4v) is 1.39. The fourth-order valence-electron chi connectivity index (χ4n) is 1.26. The second kappa shape index (κ2) is 3.06. The Morgan fingerprint density at radius 3 is 2.79 bits per heavy atom. The fraction of sp³-hybridized carbons (Fsp3) is 0.222. The van der Waals surface area contributed by atoms with E-state index in [4.69, 9.17) is 11.6 Å². The summed E-state index contributed by atoms with van der Waals surface area (Å²) in [5, 5.41) is 4.52. The summed E-state index contributed by atoms with van der Waals surface area (Å²) < 4.78 is 1.55. The number of rotatable bonds is 0. The van der Waals surface area contributed by atoms with Gasteiger partial charge in [0.1, 0.15) is 0 Å². The molecule has 72 valence electrons. The van der Waals surface area contributed by atoms with Crippen LogP contribution in [0.1, 0.15) is 11.3 Å². The van der Waals surface area contributed by atoms with Gasteiger partial charge in [0.15, 0.2) is 10.8 Å². The van der Waals surface area contributed by atoms with Crippen LogP contribution in [0.5, 0.6) is 0 Å². The third-order valence-electron chi connectivity index (χ3n) is 1.97. The van der Waals surface area contributed by atoms with Gasteiger partial charge in [-0.15, -0.1) is 0 Å². The zero-order valence-electron chi connectivity index (χ0n) is 7.78. The molecule has 0 spiro atoms. The molecule has 0 saturated heterocycles. The van der Waals surface area contributed by atoms with E-state index in [-0.39, 0.29) is 5.56 Å². The highest BCUT2D eigenvalue weighted by atomic mass is 35.5. The molecule has 4 nitrogen and oxygen atoms in total. The van der Waals surface area contributed by atoms with E-state index in [1.807, 2.05) is 6.92 Å². The minimum Gasteiger partial charge on any atom is -0.267 e. The summed E-state index contributed by atoms with van der Waals surface area (Å²) in [5.74, 6) is 0. The lowest BCUT2D eigenvalue weighted by Gasteiger charge is -2.04. The average Bonchev–Trinajstić information content (AvgIpc) is 2.08. The molecule has 0 aliphatic heterocycles. The minimum absolute atomic E-state index is 0.258. The van der Waals surface area contributed by atoms with Crippen molar-refractivity contribution in [3.63, 3.8) is 0 Å². The van der Waals surface area contributed by atoms with E-state index in [1.165, 1.54) is 6.07 Å². The molecule has 5 heteroatoms. The van der Waals surface area contributed by atoms with E-state index >= 15 is 0 Å². The molecule has 0 aliphatic rings. The Hall–Kier alpha value is -1.42. The zero-order chi connectivity index (χ0) is 10.3. The van der Waals surface area contributed by atoms with Gasteiger partial charge in [0.2, 0.25) is 0 Å². The molecule has 0 N–H and O–H groups in total. The van der Waals surface area contributed by atoms with Crippen LogP contribution in [0.15, 0.2) is 16.9 Å². The van der Waals surface area contributed by atoms with Crippen molar-refractivity contribution in [3.8, 4) is 0 Å². The standard InChI is InChI=1S/C9H8ClN3O/c1-5-3-7-11-8(14)4-6(2)13(7)12-9(5)10/h3-4H,1-2H3. The van der Waals surface area contributed by atoms with Gasteiger partial charge in [0.05, 0.1) is 0 Å². The smallest absolute Gasteiger partial charge is 0.267 e. The van der Waals surface area contributed by atoms with Gasteiger partial charge in [0.25, 0.3) is 5.56 Å². The molecule has 0 fully saturated rings. The van der Waals surface area contributed by atoms with Crippen LogP contribution < -0.4 is 5.56 Å². The Labute approximate surface area is 85.2 Å². The maximum atomic E-state index is 11.1. The Bertz CT molecular complexity index is 562. The van der Waals surface area contributed by atoms with Crippen molar-refractivity contribution in [2.24, 2.45) is 0 Å². The molecule has 0 unspecified atom stereocenters. The van der Waals surface area contributed by atoms with Crippen LogP contribution in [0, 0.1) is 13.8 Å². The first-order valence-electron chi connectivity index (χ1n) is 4.12. The summed E-state index contributed by atoms with van der Waals surface area (Å²) in [5.41, 5.74) is 1.80. The highest BCUT2D eigenvalue weighted by molar-refractivity contribution is 6.30. The van der Waals surface area contributed by atoms with Gasteiger partial charge in [0, 0.05) is 11.8 Å². The summed E-state index contributed by atoms with van der Waals surface area (Å²) in [7, 11) is 0. The van der Waals surface area contributed by atoms with Gasteiger partial charge in [-0.3, -0.25) is 4.79 Å². The summed E-state index contributed by atoms with van der Waals surface area (Å²) in [6.07, 6.45) is 0. The number of aromatic nitrogens is 3. The van der Waals surface area contributed by atoms with E-state index in [1.54, 1.807) is 17.5 Å². The second-order valence-electron chi connectivity index (χ2n) is 3.12. The van der Waals surface area contributed by atoms with Gasteiger partial charge in [-0.25, -0.2) is 4.52 Å². The molecule has 2 aromatic heterocycles. The van der Waals surface area contributed by atoms with Gasteiger partial charge < -0.3 is 0 Å². The number of hydrogen-bond acceptors (Lipinski definition) is 3. The molecule has 0 amide bonds. The molecule has 14 heavy (non-hydrogen) atoms. The number of hydrogen-bond donors (Lipinski definition) is 0. The van der Waals surface area contributed by atoms with E-state index in [0.717, 1.165) is 11.3 Å². The second-order valence-corrected chi connectivity index (χ2v) is 3.48. The molecular weight excluding hydrogens is 202 g/mol. The van der Waals surface area contributed by atoms with Gasteiger partial charge >= 0.3 is 0 Å². The number of halogens is 1. The van der Waals surface area contributed by atoms with Crippen molar-refractivity contribution in [1.29, 1.82) is 0 Å². The van der Waals surface area contributed by atoms with Gasteiger partial charge in [-0.2, -0.15) is 10.1 Å². The zero-order valence-corrected chi connectivity index (χ0v) is 8.54. The predicted molar refractivity (Wildman–Crippen MR) is 53.7 cm³/mol. The molecule has 0 aromatic carbocycles. The van der Waals surface area contributed by atoms with Crippen LogP contribution in [-0.2, 0) is 0 Å². The summed E-state index contributed by atoms with van der Waals surface area (Å²) >= 11 is 5.86.